The molecule has 0 atom stereocenters. The molecule has 0 unspecified atom stereocenters. The molecule has 0 spiro atoms. The zero-order chi connectivity index (χ0) is 17.9. The maximum Gasteiger partial charge on any atom is 0.324 e. The van der Waals surface area contributed by atoms with Gasteiger partial charge in [-0.2, -0.15) is 0 Å². The maximum atomic E-state index is 12.3. The van der Waals surface area contributed by atoms with Crippen LogP contribution < -0.4 is 10.6 Å². The zero-order valence-electron chi connectivity index (χ0n) is 13.6. The van der Waals surface area contributed by atoms with Crippen molar-refractivity contribution in [3.8, 4) is 17.1 Å². The highest BCUT2D eigenvalue weighted by Gasteiger charge is 2.11. The first kappa shape index (κ1) is 15.7. The summed E-state index contributed by atoms with van der Waals surface area (Å²) in [6.45, 7) is 0. The number of benzene rings is 3. The molecule has 26 heavy (non-hydrogen) atoms. The second-order valence-electron chi connectivity index (χ2n) is 5.70. The van der Waals surface area contributed by atoms with E-state index in [1.54, 1.807) is 36.4 Å². The second-order valence-corrected chi connectivity index (χ2v) is 5.70. The van der Waals surface area contributed by atoms with E-state index in [0.29, 0.717) is 22.7 Å². The minimum Gasteiger partial charge on any atom is -0.507 e. The molecule has 0 aliphatic heterocycles. The van der Waals surface area contributed by atoms with Gasteiger partial charge < -0.3 is 14.9 Å². The molecule has 0 aliphatic carbocycles. The average molecular weight is 345 g/mol. The number of aromatic nitrogens is 1. The van der Waals surface area contributed by atoms with Gasteiger partial charge in [-0.15, -0.1) is 0 Å². The van der Waals surface area contributed by atoms with Crippen molar-refractivity contribution in [1.82, 2.24) is 5.16 Å². The Morgan fingerprint density at radius 1 is 0.885 bits per heavy atom. The van der Waals surface area contributed by atoms with E-state index in [4.69, 9.17) is 4.52 Å². The summed E-state index contributed by atoms with van der Waals surface area (Å²) in [6.07, 6.45) is 0. The van der Waals surface area contributed by atoms with Crippen molar-refractivity contribution < 1.29 is 14.4 Å². The van der Waals surface area contributed by atoms with Crippen LogP contribution in [0.5, 0.6) is 5.75 Å². The van der Waals surface area contributed by atoms with Crippen molar-refractivity contribution in [2.45, 2.75) is 0 Å². The Morgan fingerprint density at radius 2 is 1.65 bits per heavy atom. The second kappa shape index (κ2) is 6.60. The third-order valence-corrected chi connectivity index (χ3v) is 3.96. The van der Waals surface area contributed by atoms with Crippen LogP contribution in [0.15, 0.2) is 77.3 Å². The van der Waals surface area contributed by atoms with Crippen LogP contribution in [0.2, 0.25) is 0 Å². The van der Waals surface area contributed by atoms with Gasteiger partial charge >= 0.3 is 6.03 Å². The van der Waals surface area contributed by atoms with Crippen molar-refractivity contribution in [3.05, 3.63) is 72.8 Å². The average Bonchev–Trinajstić information content (AvgIpc) is 3.12. The lowest BCUT2D eigenvalue weighted by molar-refractivity contribution is 0.262. The predicted molar refractivity (Wildman–Crippen MR) is 100 cm³/mol. The molecule has 1 heterocycles. The van der Waals surface area contributed by atoms with Crippen LogP contribution in [-0.2, 0) is 0 Å². The van der Waals surface area contributed by atoms with Crippen LogP contribution in [0.1, 0.15) is 0 Å². The molecular formula is C20H15N3O3. The molecule has 1 aromatic heterocycles. The summed E-state index contributed by atoms with van der Waals surface area (Å²) < 4.78 is 5.26. The van der Waals surface area contributed by atoms with Gasteiger partial charge in [-0.3, -0.25) is 5.32 Å². The largest absolute Gasteiger partial charge is 0.507 e. The standard InChI is InChI=1S/C20H15N3O3/c24-17-11-5-8-14-15(17)9-4-10-16(14)21-20(25)22-19-12-18(26-23-19)13-6-2-1-3-7-13/h1-12,24H,(H2,21,22,23,25). The lowest BCUT2D eigenvalue weighted by atomic mass is 10.1. The third-order valence-electron chi connectivity index (χ3n) is 3.96. The van der Waals surface area contributed by atoms with E-state index in [-0.39, 0.29) is 5.75 Å². The number of hydrogen-bond donors (Lipinski definition) is 3. The van der Waals surface area contributed by atoms with Crippen LogP contribution in [0.25, 0.3) is 22.1 Å². The first-order valence-corrected chi connectivity index (χ1v) is 8.01. The minimum atomic E-state index is -0.450. The Hall–Kier alpha value is -3.80. The molecule has 3 aromatic carbocycles. The van der Waals surface area contributed by atoms with Gasteiger partial charge in [-0.1, -0.05) is 59.8 Å². The Morgan fingerprint density at radius 3 is 2.50 bits per heavy atom. The highest BCUT2D eigenvalue weighted by Crippen LogP contribution is 2.30. The van der Waals surface area contributed by atoms with Crippen LogP contribution in [-0.4, -0.2) is 16.3 Å². The molecule has 0 saturated carbocycles. The molecule has 0 bridgehead atoms. The first-order chi connectivity index (χ1) is 12.7. The van der Waals surface area contributed by atoms with E-state index in [2.05, 4.69) is 15.8 Å². The van der Waals surface area contributed by atoms with E-state index in [1.165, 1.54) is 0 Å². The molecule has 3 N–H and O–H groups in total. The van der Waals surface area contributed by atoms with E-state index in [0.717, 1.165) is 10.9 Å². The number of urea groups is 1. The normalized spacial score (nSPS) is 10.6. The van der Waals surface area contributed by atoms with Gasteiger partial charge in [0.1, 0.15) is 5.75 Å². The van der Waals surface area contributed by atoms with Crippen LogP contribution in [0, 0.1) is 0 Å². The number of nitrogens with one attached hydrogen (secondary N) is 2. The summed E-state index contributed by atoms with van der Waals surface area (Å²) in [4.78, 5) is 12.3. The van der Waals surface area contributed by atoms with Gasteiger partial charge in [0.15, 0.2) is 11.6 Å². The number of carbonyl (C=O) groups is 1. The molecular weight excluding hydrogens is 330 g/mol. The Balaban J connectivity index is 1.52. The van der Waals surface area contributed by atoms with Gasteiger partial charge in [-0.05, 0) is 12.1 Å². The Labute approximate surface area is 149 Å². The van der Waals surface area contributed by atoms with Crippen LogP contribution in [0.3, 0.4) is 0 Å². The van der Waals surface area contributed by atoms with Crippen molar-refractivity contribution in [2.75, 3.05) is 10.6 Å². The van der Waals surface area contributed by atoms with Crippen molar-refractivity contribution in [1.29, 1.82) is 0 Å². The lowest BCUT2D eigenvalue weighted by Crippen LogP contribution is -2.19. The monoisotopic (exact) mass is 345 g/mol. The fourth-order valence-corrected chi connectivity index (χ4v) is 2.74. The number of anilines is 2. The number of carbonyl (C=O) groups excluding carboxylic acids is 1. The van der Waals surface area contributed by atoms with Gasteiger partial charge in [0.25, 0.3) is 0 Å². The van der Waals surface area contributed by atoms with E-state index in [9.17, 15) is 9.90 Å². The highest BCUT2D eigenvalue weighted by atomic mass is 16.5. The van der Waals surface area contributed by atoms with Crippen LogP contribution in [0.4, 0.5) is 16.3 Å². The first-order valence-electron chi connectivity index (χ1n) is 8.01. The zero-order valence-corrected chi connectivity index (χ0v) is 13.6. The summed E-state index contributed by atoms with van der Waals surface area (Å²) >= 11 is 0. The van der Waals surface area contributed by atoms with Gasteiger partial charge in [-0.25, -0.2) is 4.79 Å². The number of rotatable bonds is 3. The van der Waals surface area contributed by atoms with E-state index >= 15 is 0 Å². The topological polar surface area (TPSA) is 87.4 Å². The molecule has 4 rings (SSSR count). The molecule has 0 radical (unpaired) electrons. The van der Waals surface area contributed by atoms with E-state index < -0.39 is 6.03 Å². The van der Waals surface area contributed by atoms with Crippen molar-refractivity contribution >= 4 is 28.3 Å². The summed E-state index contributed by atoms with van der Waals surface area (Å²) in [5.41, 5.74) is 1.46. The highest BCUT2D eigenvalue weighted by molar-refractivity contribution is 6.07. The molecule has 0 fully saturated rings. The summed E-state index contributed by atoms with van der Waals surface area (Å²) in [6, 6.07) is 21.2. The number of phenolic OH excluding ortho intramolecular Hbond substituents is 1. The molecule has 2 amide bonds. The molecule has 0 aliphatic rings. The fourth-order valence-electron chi connectivity index (χ4n) is 2.74. The molecule has 6 nitrogen and oxygen atoms in total. The summed E-state index contributed by atoms with van der Waals surface area (Å²) in [5, 5.41) is 20.6. The predicted octanol–water partition coefficient (Wildman–Crippen LogP) is 4.84. The molecule has 6 heteroatoms. The van der Waals surface area contributed by atoms with Gasteiger partial charge in [0.2, 0.25) is 0 Å². The number of hydrogen-bond acceptors (Lipinski definition) is 4. The van der Waals surface area contributed by atoms with Gasteiger partial charge in [0, 0.05) is 22.4 Å². The number of aromatic hydroxyl groups is 1. The number of phenols is 1. The minimum absolute atomic E-state index is 0.163. The SMILES string of the molecule is O=C(Nc1cc(-c2ccccc2)on1)Nc1cccc2c(O)cccc12. The molecule has 4 aromatic rings. The van der Waals surface area contributed by atoms with Crippen molar-refractivity contribution in [3.63, 3.8) is 0 Å². The smallest absolute Gasteiger partial charge is 0.324 e. The Bertz CT molecular complexity index is 1070. The third kappa shape index (κ3) is 3.08. The van der Waals surface area contributed by atoms with Crippen LogP contribution >= 0.6 is 0 Å². The fraction of sp³-hybridized carbons (Fsp3) is 0. The Kier molecular flexibility index (Phi) is 3.99. The number of amides is 2. The quantitative estimate of drug-likeness (QED) is 0.495. The lowest BCUT2D eigenvalue weighted by Gasteiger charge is -2.09. The molecule has 0 saturated heterocycles. The summed E-state index contributed by atoms with van der Waals surface area (Å²) in [7, 11) is 0. The number of nitrogens with zero attached hydrogens (tertiary/aromatic N) is 1. The van der Waals surface area contributed by atoms with Gasteiger partial charge in [0.05, 0.1) is 5.69 Å². The summed E-state index contributed by atoms with van der Waals surface area (Å²) in [5.74, 6) is 1.04. The van der Waals surface area contributed by atoms with Crippen molar-refractivity contribution in [2.24, 2.45) is 0 Å². The maximum absolute atomic E-state index is 12.3. The number of fused-ring (bicyclic) bond motifs is 1. The molecule has 128 valence electrons. The van der Waals surface area contributed by atoms with E-state index in [1.807, 2.05) is 36.4 Å².